The van der Waals surface area contributed by atoms with Gasteiger partial charge in [0.1, 0.15) is 5.82 Å². The molecule has 2 aliphatic rings. The van der Waals surface area contributed by atoms with E-state index in [9.17, 15) is 14.0 Å². The highest BCUT2D eigenvalue weighted by molar-refractivity contribution is 6.04. The van der Waals surface area contributed by atoms with Crippen LogP contribution in [0.1, 0.15) is 35.2 Å². The number of ether oxygens (including phenoxy) is 1. The van der Waals surface area contributed by atoms with Gasteiger partial charge in [0, 0.05) is 44.1 Å². The van der Waals surface area contributed by atoms with Crippen molar-refractivity contribution >= 4 is 29.0 Å². The van der Waals surface area contributed by atoms with E-state index in [0.717, 1.165) is 77.3 Å². The summed E-state index contributed by atoms with van der Waals surface area (Å²) in [6, 6.07) is 21.4. The molecule has 42 heavy (non-hydrogen) atoms. The van der Waals surface area contributed by atoms with Crippen LogP contribution >= 0.6 is 0 Å². The van der Waals surface area contributed by atoms with Crippen molar-refractivity contribution in [3.05, 3.63) is 89.7 Å². The van der Waals surface area contributed by atoms with Gasteiger partial charge in [0.05, 0.1) is 24.5 Å². The van der Waals surface area contributed by atoms with Crippen molar-refractivity contribution in [2.45, 2.75) is 25.7 Å². The van der Waals surface area contributed by atoms with Crippen LogP contribution in [0, 0.1) is 11.7 Å². The van der Waals surface area contributed by atoms with Crippen LogP contribution in [0.3, 0.4) is 0 Å². The third kappa shape index (κ3) is 8.30. The van der Waals surface area contributed by atoms with Gasteiger partial charge < -0.3 is 25.6 Å². The Morgan fingerprint density at radius 1 is 0.881 bits per heavy atom. The van der Waals surface area contributed by atoms with E-state index in [1.807, 2.05) is 12.1 Å². The summed E-state index contributed by atoms with van der Waals surface area (Å²) < 4.78 is 19.4. The molecule has 5 rings (SSSR count). The minimum Gasteiger partial charge on any atom is -0.379 e. The van der Waals surface area contributed by atoms with Crippen LogP contribution in [0.15, 0.2) is 72.8 Å². The SMILES string of the molecule is O=C(Nc1ccc(N2CCC(Cc3ccccc3)CC2)c(C(=O)NCCCN2CCOCC2)c1)Nc1ccccc1F. The average Bonchev–Trinajstić information content (AvgIpc) is 3.02. The number of carbonyl (C=O) groups excluding carboxylic acids is 2. The minimum absolute atomic E-state index is 0.0863. The first kappa shape index (κ1) is 29.5. The van der Waals surface area contributed by atoms with E-state index in [-0.39, 0.29) is 11.6 Å². The molecule has 0 saturated carbocycles. The van der Waals surface area contributed by atoms with Gasteiger partial charge in [-0.25, -0.2) is 9.18 Å². The molecule has 0 aliphatic carbocycles. The lowest BCUT2D eigenvalue weighted by Crippen LogP contribution is -2.38. The zero-order valence-corrected chi connectivity index (χ0v) is 24.0. The number of urea groups is 1. The Hall–Kier alpha value is -3.95. The number of morpholine rings is 1. The van der Waals surface area contributed by atoms with Gasteiger partial charge in [-0.05, 0) is 74.0 Å². The van der Waals surface area contributed by atoms with Crippen LogP contribution in [0.5, 0.6) is 0 Å². The van der Waals surface area contributed by atoms with E-state index < -0.39 is 11.8 Å². The second kappa shape index (κ2) is 14.8. The summed E-state index contributed by atoms with van der Waals surface area (Å²) in [6.07, 6.45) is 3.99. The Labute approximate surface area is 247 Å². The van der Waals surface area contributed by atoms with Gasteiger partial charge in [0.15, 0.2) is 0 Å². The summed E-state index contributed by atoms with van der Waals surface area (Å²) in [4.78, 5) is 30.7. The molecule has 222 valence electrons. The molecule has 3 aromatic carbocycles. The molecule has 3 aromatic rings. The van der Waals surface area contributed by atoms with E-state index in [1.54, 1.807) is 24.3 Å². The summed E-state index contributed by atoms with van der Waals surface area (Å²) in [5.41, 5.74) is 3.29. The van der Waals surface area contributed by atoms with Crippen LogP contribution in [0.25, 0.3) is 0 Å². The van der Waals surface area contributed by atoms with Crippen molar-refractivity contribution in [2.24, 2.45) is 5.92 Å². The largest absolute Gasteiger partial charge is 0.379 e. The number of para-hydroxylation sites is 1. The van der Waals surface area contributed by atoms with Crippen LogP contribution in [-0.4, -0.2) is 69.3 Å². The molecule has 0 bridgehead atoms. The quantitative estimate of drug-likeness (QED) is 0.284. The van der Waals surface area contributed by atoms with Gasteiger partial charge in [-0.15, -0.1) is 0 Å². The number of amides is 3. The molecule has 2 fully saturated rings. The average molecular weight is 574 g/mol. The van der Waals surface area contributed by atoms with Crippen LogP contribution in [0.4, 0.5) is 26.2 Å². The zero-order valence-electron chi connectivity index (χ0n) is 24.0. The normalized spacial score (nSPS) is 16.2. The number of nitrogens with zero attached hydrogens (tertiary/aromatic N) is 2. The van der Waals surface area contributed by atoms with Crippen molar-refractivity contribution < 1.29 is 18.7 Å². The Kier molecular flexibility index (Phi) is 10.4. The molecule has 3 amide bonds. The van der Waals surface area contributed by atoms with Crippen molar-refractivity contribution in [3.63, 3.8) is 0 Å². The molecule has 2 heterocycles. The van der Waals surface area contributed by atoms with Crippen molar-refractivity contribution in [3.8, 4) is 0 Å². The van der Waals surface area contributed by atoms with Gasteiger partial charge in [0.2, 0.25) is 0 Å². The Morgan fingerprint density at radius 2 is 1.62 bits per heavy atom. The maximum atomic E-state index is 14.0. The van der Waals surface area contributed by atoms with Gasteiger partial charge in [-0.1, -0.05) is 42.5 Å². The second-order valence-corrected chi connectivity index (χ2v) is 11.0. The van der Waals surface area contributed by atoms with E-state index in [1.165, 1.54) is 17.7 Å². The number of hydrogen-bond acceptors (Lipinski definition) is 5. The van der Waals surface area contributed by atoms with Crippen molar-refractivity contribution in [1.82, 2.24) is 10.2 Å². The number of carbonyl (C=O) groups is 2. The number of piperidine rings is 1. The maximum absolute atomic E-state index is 14.0. The highest BCUT2D eigenvalue weighted by Crippen LogP contribution is 2.30. The highest BCUT2D eigenvalue weighted by Gasteiger charge is 2.24. The monoisotopic (exact) mass is 573 g/mol. The second-order valence-electron chi connectivity index (χ2n) is 11.0. The molecule has 2 aliphatic heterocycles. The van der Waals surface area contributed by atoms with Crippen molar-refractivity contribution in [1.29, 1.82) is 0 Å². The molecule has 0 unspecified atom stereocenters. The van der Waals surface area contributed by atoms with E-state index in [2.05, 4.69) is 50.0 Å². The summed E-state index contributed by atoms with van der Waals surface area (Å²) in [5, 5.41) is 8.37. The van der Waals surface area contributed by atoms with Gasteiger partial charge in [-0.3, -0.25) is 9.69 Å². The molecular weight excluding hydrogens is 533 g/mol. The fourth-order valence-corrected chi connectivity index (χ4v) is 5.67. The van der Waals surface area contributed by atoms with E-state index >= 15 is 0 Å². The number of halogens is 1. The summed E-state index contributed by atoms with van der Waals surface area (Å²) in [5.74, 6) is -0.0866. The Morgan fingerprint density at radius 3 is 2.38 bits per heavy atom. The standard InChI is InChI=1S/C33H40FN5O3/c34-29-9-4-5-10-30(29)37-33(41)36-27-11-12-31(39-17-13-26(14-18-39)23-25-7-2-1-3-8-25)28(24-27)32(40)35-15-6-16-38-19-21-42-22-20-38/h1-5,7-12,24,26H,6,13-23H2,(H,35,40)(H2,36,37,41). The topological polar surface area (TPSA) is 85.9 Å². The first-order valence-corrected chi connectivity index (χ1v) is 14.9. The molecule has 8 nitrogen and oxygen atoms in total. The predicted molar refractivity (Wildman–Crippen MR) is 165 cm³/mol. The third-order valence-electron chi connectivity index (χ3n) is 7.98. The maximum Gasteiger partial charge on any atom is 0.323 e. The lowest BCUT2D eigenvalue weighted by atomic mass is 9.89. The molecule has 9 heteroatoms. The molecular formula is C33H40FN5O3. The Bertz CT molecular complexity index is 1320. The number of rotatable bonds is 10. The van der Waals surface area contributed by atoms with Crippen LogP contribution in [-0.2, 0) is 11.2 Å². The lowest BCUT2D eigenvalue weighted by molar-refractivity contribution is 0.0374. The van der Waals surface area contributed by atoms with E-state index in [4.69, 9.17) is 4.74 Å². The van der Waals surface area contributed by atoms with Crippen LogP contribution < -0.4 is 20.9 Å². The molecule has 0 radical (unpaired) electrons. The van der Waals surface area contributed by atoms with E-state index in [0.29, 0.717) is 23.7 Å². The smallest absolute Gasteiger partial charge is 0.323 e. The van der Waals surface area contributed by atoms with Gasteiger partial charge >= 0.3 is 6.03 Å². The highest BCUT2D eigenvalue weighted by atomic mass is 19.1. The summed E-state index contributed by atoms with van der Waals surface area (Å²) >= 11 is 0. The molecule has 3 N–H and O–H groups in total. The number of nitrogens with one attached hydrogen (secondary N) is 3. The van der Waals surface area contributed by atoms with Gasteiger partial charge in [-0.2, -0.15) is 0 Å². The number of anilines is 3. The fraction of sp³-hybridized carbons (Fsp3) is 0.394. The molecule has 0 spiro atoms. The number of benzene rings is 3. The molecule has 0 atom stereocenters. The van der Waals surface area contributed by atoms with Gasteiger partial charge in [0.25, 0.3) is 5.91 Å². The third-order valence-corrected chi connectivity index (χ3v) is 7.98. The number of hydrogen-bond donors (Lipinski definition) is 3. The Balaban J connectivity index is 1.24. The summed E-state index contributed by atoms with van der Waals surface area (Å²) in [6.45, 7) is 6.51. The predicted octanol–water partition coefficient (Wildman–Crippen LogP) is 5.38. The molecule has 0 aromatic heterocycles. The lowest BCUT2D eigenvalue weighted by Gasteiger charge is -2.35. The minimum atomic E-state index is -0.577. The fourth-order valence-electron chi connectivity index (χ4n) is 5.67. The zero-order chi connectivity index (χ0) is 29.1. The summed E-state index contributed by atoms with van der Waals surface area (Å²) in [7, 11) is 0. The van der Waals surface area contributed by atoms with Crippen molar-refractivity contribution in [2.75, 3.05) is 68.0 Å². The first-order chi connectivity index (χ1) is 20.5. The molecule has 2 saturated heterocycles. The van der Waals surface area contributed by atoms with Crippen LogP contribution in [0.2, 0.25) is 0 Å². The first-order valence-electron chi connectivity index (χ1n) is 14.9.